The van der Waals surface area contributed by atoms with Gasteiger partial charge in [0.15, 0.2) is 0 Å². The highest BCUT2D eigenvalue weighted by molar-refractivity contribution is 9.10. The molecule has 1 atom stereocenters. The summed E-state index contributed by atoms with van der Waals surface area (Å²) < 4.78 is 18.7. The second kappa shape index (κ2) is 3.82. The zero-order chi connectivity index (χ0) is 8.72. The van der Waals surface area contributed by atoms with Gasteiger partial charge in [0.25, 0.3) is 0 Å². The molecule has 1 aromatic rings. The lowest BCUT2D eigenvalue weighted by Gasteiger charge is -2.03. The van der Waals surface area contributed by atoms with Crippen molar-refractivity contribution in [2.24, 2.45) is 5.73 Å². The molecule has 0 radical (unpaired) electrons. The average molecular weight is 269 g/mol. The number of fused-ring (bicyclic) bond motifs is 1. The molecule has 1 heterocycles. The van der Waals surface area contributed by atoms with E-state index in [1.54, 1.807) is 0 Å². The highest BCUT2D eigenvalue weighted by Crippen LogP contribution is 2.37. The van der Waals surface area contributed by atoms with Gasteiger partial charge in [-0.3, -0.25) is 0 Å². The van der Waals surface area contributed by atoms with E-state index in [2.05, 4.69) is 15.9 Å². The van der Waals surface area contributed by atoms with Gasteiger partial charge in [-0.05, 0) is 6.07 Å². The first-order chi connectivity index (χ1) is 5.68. The maximum atomic E-state index is 12.8. The van der Waals surface area contributed by atoms with E-state index in [4.69, 9.17) is 10.5 Å². The SMILES string of the molecule is Cl.N[C@@H]1COc2cc(F)cc(Br)c21. The van der Waals surface area contributed by atoms with E-state index in [-0.39, 0.29) is 24.3 Å². The minimum atomic E-state index is -0.310. The second-order valence-corrected chi connectivity index (χ2v) is 3.57. The van der Waals surface area contributed by atoms with Crippen LogP contribution < -0.4 is 10.5 Å². The lowest BCUT2D eigenvalue weighted by Crippen LogP contribution is -2.11. The molecule has 0 saturated heterocycles. The van der Waals surface area contributed by atoms with E-state index in [9.17, 15) is 4.39 Å². The molecule has 13 heavy (non-hydrogen) atoms. The summed E-state index contributed by atoms with van der Waals surface area (Å²) in [5, 5.41) is 0. The van der Waals surface area contributed by atoms with Crippen LogP contribution in [0.25, 0.3) is 0 Å². The Hall–Kier alpha value is -0.320. The summed E-state index contributed by atoms with van der Waals surface area (Å²) in [4.78, 5) is 0. The van der Waals surface area contributed by atoms with E-state index >= 15 is 0 Å². The Morgan fingerprint density at radius 1 is 1.54 bits per heavy atom. The molecule has 1 aliphatic heterocycles. The Labute approximate surface area is 89.8 Å². The Morgan fingerprint density at radius 3 is 2.92 bits per heavy atom. The quantitative estimate of drug-likeness (QED) is 0.784. The fourth-order valence-electron chi connectivity index (χ4n) is 1.30. The van der Waals surface area contributed by atoms with Crippen LogP contribution >= 0.6 is 28.3 Å². The first kappa shape index (κ1) is 10.8. The van der Waals surface area contributed by atoms with Crippen molar-refractivity contribution in [2.75, 3.05) is 6.61 Å². The Morgan fingerprint density at radius 2 is 2.23 bits per heavy atom. The first-order valence-corrected chi connectivity index (χ1v) is 4.35. The van der Waals surface area contributed by atoms with Gasteiger partial charge in [-0.25, -0.2) is 4.39 Å². The van der Waals surface area contributed by atoms with Crippen LogP contribution in [0.4, 0.5) is 4.39 Å². The second-order valence-electron chi connectivity index (χ2n) is 2.72. The van der Waals surface area contributed by atoms with Crippen molar-refractivity contribution in [2.45, 2.75) is 6.04 Å². The average Bonchev–Trinajstić information content (AvgIpc) is 2.31. The van der Waals surface area contributed by atoms with Gasteiger partial charge in [0.2, 0.25) is 0 Å². The molecular weight excluding hydrogens is 260 g/mol. The molecule has 0 amide bonds. The number of ether oxygens (including phenoxy) is 1. The van der Waals surface area contributed by atoms with Crippen LogP contribution in [0.1, 0.15) is 11.6 Å². The van der Waals surface area contributed by atoms with Crippen LogP contribution in [0.5, 0.6) is 5.75 Å². The first-order valence-electron chi connectivity index (χ1n) is 3.56. The molecule has 1 aromatic carbocycles. The van der Waals surface area contributed by atoms with Gasteiger partial charge in [0.05, 0.1) is 6.04 Å². The van der Waals surface area contributed by atoms with Crippen LogP contribution in [0.3, 0.4) is 0 Å². The summed E-state index contributed by atoms with van der Waals surface area (Å²) in [5.74, 6) is 0.240. The molecular formula is C8H8BrClFNO. The zero-order valence-corrected chi connectivity index (χ0v) is 8.99. The topological polar surface area (TPSA) is 35.2 Å². The van der Waals surface area contributed by atoms with Crippen molar-refractivity contribution in [3.63, 3.8) is 0 Å². The molecule has 0 saturated carbocycles. The molecule has 2 N–H and O–H groups in total. The maximum absolute atomic E-state index is 12.8. The van der Waals surface area contributed by atoms with Gasteiger partial charge in [-0.1, -0.05) is 15.9 Å². The summed E-state index contributed by atoms with van der Waals surface area (Å²) in [6.45, 7) is 0.428. The molecule has 0 bridgehead atoms. The number of nitrogens with two attached hydrogens (primary N) is 1. The van der Waals surface area contributed by atoms with Crippen molar-refractivity contribution in [3.05, 3.63) is 28.0 Å². The van der Waals surface area contributed by atoms with Crippen molar-refractivity contribution in [1.29, 1.82) is 0 Å². The molecule has 0 aromatic heterocycles. The van der Waals surface area contributed by atoms with Gasteiger partial charge in [0, 0.05) is 16.1 Å². The van der Waals surface area contributed by atoms with E-state index < -0.39 is 0 Å². The molecule has 1 aliphatic rings. The number of benzene rings is 1. The van der Waals surface area contributed by atoms with Gasteiger partial charge < -0.3 is 10.5 Å². The zero-order valence-electron chi connectivity index (χ0n) is 6.59. The third-order valence-corrected chi connectivity index (χ3v) is 2.50. The van der Waals surface area contributed by atoms with Crippen molar-refractivity contribution < 1.29 is 9.13 Å². The highest BCUT2D eigenvalue weighted by Gasteiger charge is 2.23. The van der Waals surface area contributed by atoms with E-state index in [1.165, 1.54) is 12.1 Å². The molecule has 0 aliphatic carbocycles. The standard InChI is InChI=1S/C8H7BrFNO.ClH/c9-5-1-4(10)2-7-8(5)6(11)3-12-7;/h1-2,6H,3,11H2;1H/t6-;/m1./s1. The Kier molecular flexibility index (Phi) is 3.16. The predicted molar refractivity (Wildman–Crippen MR) is 53.8 cm³/mol. The lowest BCUT2D eigenvalue weighted by molar-refractivity contribution is 0.332. The molecule has 2 rings (SSSR count). The van der Waals surface area contributed by atoms with Gasteiger partial charge in [-0.2, -0.15) is 0 Å². The van der Waals surface area contributed by atoms with Crippen molar-refractivity contribution in [1.82, 2.24) is 0 Å². The highest BCUT2D eigenvalue weighted by atomic mass is 79.9. The van der Waals surface area contributed by atoms with Crippen molar-refractivity contribution in [3.8, 4) is 5.75 Å². The van der Waals surface area contributed by atoms with E-state index in [0.29, 0.717) is 16.8 Å². The third kappa shape index (κ3) is 1.80. The monoisotopic (exact) mass is 267 g/mol. The normalized spacial score (nSPS) is 18.8. The maximum Gasteiger partial charge on any atom is 0.128 e. The van der Waals surface area contributed by atoms with Crippen LogP contribution in [-0.2, 0) is 0 Å². The fourth-order valence-corrected chi connectivity index (χ4v) is 2.01. The molecule has 0 unspecified atom stereocenters. The number of hydrogen-bond donors (Lipinski definition) is 1. The number of rotatable bonds is 0. The van der Waals surface area contributed by atoms with Gasteiger partial charge >= 0.3 is 0 Å². The molecule has 5 heteroatoms. The molecule has 0 fully saturated rings. The molecule has 72 valence electrons. The largest absolute Gasteiger partial charge is 0.491 e. The summed E-state index contributed by atoms with van der Waals surface area (Å²) >= 11 is 3.24. The van der Waals surface area contributed by atoms with Crippen LogP contribution in [-0.4, -0.2) is 6.61 Å². The van der Waals surface area contributed by atoms with Gasteiger partial charge in [0.1, 0.15) is 18.2 Å². The minimum absolute atomic E-state index is 0. The smallest absolute Gasteiger partial charge is 0.128 e. The molecule has 2 nitrogen and oxygen atoms in total. The van der Waals surface area contributed by atoms with Crippen LogP contribution in [0.2, 0.25) is 0 Å². The minimum Gasteiger partial charge on any atom is -0.491 e. The van der Waals surface area contributed by atoms with E-state index in [0.717, 1.165) is 5.56 Å². The van der Waals surface area contributed by atoms with Gasteiger partial charge in [-0.15, -0.1) is 12.4 Å². The van der Waals surface area contributed by atoms with E-state index in [1.807, 2.05) is 0 Å². The summed E-state index contributed by atoms with van der Waals surface area (Å²) in [6, 6.07) is 2.61. The Balaban J connectivity index is 0.000000845. The van der Waals surface area contributed by atoms with Crippen LogP contribution in [0.15, 0.2) is 16.6 Å². The molecule has 0 spiro atoms. The summed E-state index contributed by atoms with van der Waals surface area (Å²) in [6.07, 6.45) is 0. The number of halogens is 3. The van der Waals surface area contributed by atoms with Crippen LogP contribution in [0, 0.1) is 5.82 Å². The lowest BCUT2D eigenvalue weighted by atomic mass is 10.1. The third-order valence-electron chi connectivity index (χ3n) is 1.85. The summed E-state index contributed by atoms with van der Waals surface area (Å²) in [7, 11) is 0. The number of hydrogen-bond acceptors (Lipinski definition) is 2. The fraction of sp³-hybridized carbons (Fsp3) is 0.250. The summed E-state index contributed by atoms with van der Waals surface area (Å²) in [5.41, 5.74) is 6.58. The predicted octanol–water partition coefficient (Wildman–Crippen LogP) is 2.40. The Bertz CT molecular complexity index is 334. The van der Waals surface area contributed by atoms with Crippen molar-refractivity contribution >= 4 is 28.3 Å².